The SMILES string of the molecule is COCCCSc1c(N)cnc2ccccc12. The molecule has 0 unspecified atom stereocenters. The monoisotopic (exact) mass is 248 g/mol. The number of aromatic nitrogens is 1. The Balaban J connectivity index is 2.22. The van der Waals surface area contributed by atoms with Gasteiger partial charge in [0, 0.05) is 29.8 Å². The third kappa shape index (κ3) is 2.90. The molecule has 0 amide bonds. The molecule has 90 valence electrons. The van der Waals surface area contributed by atoms with Crippen LogP contribution in [0.5, 0.6) is 0 Å². The number of anilines is 1. The smallest absolute Gasteiger partial charge is 0.0714 e. The average molecular weight is 248 g/mol. The highest BCUT2D eigenvalue weighted by Gasteiger charge is 2.06. The van der Waals surface area contributed by atoms with Crippen LogP contribution in [-0.4, -0.2) is 24.5 Å². The van der Waals surface area contributed by atoms with Crippen LogP contribution in [0.15, 0.2) is 35.4 Å². The van der Waals surface area contributed by atoms with E-state index in [1.807, 2.05) is 18.2 Å². The van der Waals surface area contributed by atoms with Crippen LogP contribution >= 0.6 is 11.8 Å². The maximum Gasteiger partial charge on any atom is 0.0714 e. The third-order valence-electron chi connectivity index (χ3n) is 2.49. The zero-order chi connectivity index (χ0) is 12.1. The molecular formula is C13H16N2OS. The van der Waals surface area contributed by atoms with Crippen LogP contribution in [0.4, 0.5) is 5.69 Å². The number of pyridine rings is 1. The Morgan fingerprint density at radius 1 is 1.35 bits per heavy atom. The summed E-state index contributed by atoms with van der Waals surface area (Å²) >= 11 is 1.77. The third-order valence-corrected chi connectivity index (χ3v) is 3.73. The predicted octanol–water partition coefficient (Wildman–Crippen LogP) is 2.95. The lowest BCUT2D eigenvalue weighted by Crippen LogP contribution is -1.95. The molecule has 0 saturated heterocycles. The van der Waals surface area contributed by atoms with E-state index in [9.17, 15) is 0 Å². The summed E-state index contributed by atoms with van der Waals surface area (Å²) in [5, 5.41) is 1.13. The number of nitrogens with two attached hydrogens (primary N) is 1. The molecule has 0 radical (unpaired) electrons. The summed E-state index contributed by atoms with van der Waals surface area (Å²) in [5.74, 6) is 1.01. The van der Waals surface area contributed by atoms with Crippen molar-refractivity contribution in [1.82, 2.24) is 4.98 Å². The number of para-hydroxylation sites is 1. The predicted molar refractivity (Wildman–Crippen MR) is 73.4 cm³/mol. The summed E-state index contributed by atoms with van der Waals surface area (Å²) in [7, 11) is 1.72. The van der Waals surface area contributed by atoms with Crippen LogP contribution in [0.3, 0.4) is 0 Å². The van der Waals surface area contributed by atoms with Gasteiger partial charge in [0.2, 0.25) is 0 Å². The lowest BCUT2D eigenvalue weighted by atomic mass is 10.2. The van der Waals surface area contributed by atoms with E-state index in [-0.39, 0.29) is 0 Å². The van der Waals surface area contributed by atoms with E-state index in [0.717, 1.165) is 40.3 Å². The Labute approximate surface area is 105 Å². The number of nitrogen functional groups attached to an aromatic ring is 1. The molecule has 0 aliphatic rings. The van der Waals surface area contributed by atoms with Crippen LogP contribution in [0, 0.1) is 0 Å². The van der Waals surface area contributed by atoms with Gasteiger partial charge in [-0.05, 0) is 12.5 Å². The number of benzene rings is 1. The van der Waals surface area contributed by atoms with Crippen LogP contribution in [0.1, 0.15) is 6.42 Å². The fourth-order valence-corrected chi connectivity index (χ4v) is 2.68. The summed E-state index contributed by atoms with van der Waals surface area (Å²) in [4.78, 5) is 5.45. The molecule has 0 bridgehead atoms. The van der Waals surface area contributed by atoms with Crippen molar-refractivity contribution in [2.45, 2.75) is 11.3 Å². The highest BCUT2D eigenvalue weighted by molar-refractivity contribution is 7.99. The quantitative estimate of drug-likeness (QED) is 0.653. The Morgan fingerprint density at radius 2 is 2.18 bits per heavy atom. The van der Waals surface area contributed by atoms with Gasteiger partial charge in [-0.2, -0.15) is 0 Å². The Kier molecular flexibility index (Phi) is 4.23. The normalized spacial score (nSPS) is 10.9. The topological polar surface area (TPSA) is 48.1 Å². The van der Waals surface area contributed by atoms with Gasteiger partial charge in [-0.3, -0.25) is 4.98 Å². The molecule has 0 atom stereocenters. The van der Waals surface area contributed by atoms with Crippen molar-refractivity contribution in [3.8, 4) is 0 Å². The minimum Gasteiger partial charge on any atom is -0.397 e. The molecule has 0 aliphatic carbocycles. The molecule has 17 heavy (non-hydrogen) atoms. The zero-order valence-electron chi connectivity index (χ0n) is 9.85. The molecule has 1 heterocycles. The van der Waals surface area contributed by atoms with Gasteiger partial charge in [0.25, 0.3) is 0 Å². The number of rotatable bonds is 5. The average Bonchev–Trinajstić information content (AvgIpc) is 2.37. The number of nitrogens with zero attached hydrogens (tertiary/aromatic N) is 1. The first-order valence-electron chi connectivity index (χ1n) is 5.58. The lowest BCUT2D eigenvalue weighted by Gasteiger charge is -2.08. The highest BCUT2D eigenvalue weighted by Crippen LogP contribution is 2.32. The van der Waals surface area contributed by atoms with Crippen LogP contribution in [-0.2, 0) is 4.74 Å². The largest absolute Gasteiger partial charge is 0.397 e. The van der Waals surface area contributed by atoms with E-state index in [0.29, 0.717) is 0 Å². The molecule has 1 aromatic heterocycles. The first kappa shape index (κ1) is 12.2. The first-order chi connectivity index (χ1) is 8.33. The van der Waals surface area contributed by atoms with Gasteiger partial charge in [-0.15, -0.1) is 11.8 Å². The van der Waals surface area contributed by atoms with E-state index in [4.69, 9.17) is 10.5 Å². The molecule has 0 aliphatic heterocycles. The number of hydrogen-bond acceptors (Lipinski definition) is 4. The van der Waals surface area contributed by atoms with E-state index >= 15 is 0 Å². The van der Waals surface area contributed by atoms with Gasteiger partial charge in [0.15, 0.2) is 0 Å². The summed E-state index contributed by atoms with van der Waals surface area (Å²) < 4.78 is 5.04. The summed E-state index contributed by atoms with van der Waals surface area (Å²) in [6.45, 7) is 0.788. The Morgan fingerprint density at radius 3 is 3.00 bits per heavy atom. The second-order valence-electron chi connectivity index (χ2n) is 3.75. The van der Waals surface area contributed by atoms with Gasteiger partial charge in [-0.25, -0.2) is 0 Å². The van der Waals surface area contributed by atoms with Gasteiger partial charge in [-0.1, -0.05) is 18.2 Å². The minimum absolute atomic E-state index is 0.756. The van der Waals surface area contributed by atoms with Crippen LogP contribution < -0.4 is 5.73 Å². The van der Waals surface area contributed by atoms with E-state index in [2.05, 4.69) is 11.1 Å². The Hall–Kier alpha value is -1.26. The summed E-state index contributed by atoms with van der Waals surface area (Å²) in [6, 6.07) is 8.08. The van der Waals surface area contributed by atoms with E-state index in [1.165, 1.54) is 0 Å². The number of fused-ring (bicyclic) bond motifs is 1. The number of thioether (sulfide) groups is 1. The first-order valence-corrected chi connectivity index (χ1v) is 6.56. The van der Waals surface area contributed by atoms with Crippen molar-refractivity contribution in [1.29, 1.82) is 0 Å². The molecule has 0 fully saturated rings. The van der Waals surface area contributed by atoms with Crippen molar-refractivity contribution in [3.05, 3.63) is 30.5 Å². The molecule has 2 rings (SSSR count). The fraction of sp³-hybridized carbons (Fsp3) is 0.308. The maximum absolute atomic E-state index is 5.99. The number of hydrogen-bond donors (Lipinski definition) is 1. The molecule has 2 aromatic rings. The molecule has 4 heteroatoms. The number of methoxy groups -OCH3 is 1. The zero-order valence-corrected chi connectivity index (χ0v) is 10.7. The molecule has 0 saturated carbocycles. The van der Waals surface area contributed by atoms with Crippen LogP contribution in [0.2, 0.25) is 0 Å². The van der Waals surface area contributed by atoms with Crippen molar-refractivity contribution in [2.24, 2.45) is 0 Å². The van der Waals surface area contributed by atoms with Gasteiger partial charge in [0.05, 0.1) is 17.4 Å². The molecule has 0 spiro atoms. The van der Waals surface area contributed by atoms with Crippen molar-refractivity contribution in [3.63, 3.8) is 0 Å². The standard InChI is InChI=1S/C13H16N2OS/c1-16-7-4-8-17-13-10-5-2-3-6-12(10)15-9-11(13)14/h2-3,5-6,9H,4,7-8,14H2,1H3. The molecule has 3 nitrogen and oxygen atoms in total. The Bertz CT molecular complexity index is 502. The second-order valence-corrected chi connectivity index (χ2v) is 4.86. The summed E-state index contributed by atoms with van der Waals surface area (Å²) in [5.41, 5.74) is 7.74. The van der Waals surface area contributed by atoms with E-state index in [1.54, 1.807) is 25.1 Å². The van der Waals surface area contributed by atoms with E-state index < -0.39 is 0 Å². The molecule has 2 N–H and O–H groups in total. The molecular weight excluding hydrogens is 232 g/mol. The highest BCUT2D eigenvalue weighted by atomic mass is 32.2. The van der Waals surface area contributed by atoms with Crippen molar-refractivity contribution < 1.29 is 4.74 Å². The van der Waals surface area contributed by atoms with Gasteiger partial charge in [0.1, 0.15) is 0 Å². The number of ether oxygens (including phenoxy) is 1. The van der Waals surface area contributed by atoms with Gasteiger partial charge < -0.3 is 10.5 Å². The maximum atomic E-state index is 5.99. The lowest BCUT2D eigenvalue weighted by molar-refractivity contribution is 0.200. The molecule has 1 aromatic carbocycles. The van der Waals surface area contributed by atoms with Crippen molar-refractivity contribution in [2.75, 3.05) is 25.2 Å². The van der Waals surface area contributed by atoms with Gasteiger partial charge >= 0.3 is 0 Å². The minimum atomic E-state index is 0.756. The second kappa shape index (κ2) is 5.89. The van der Waals surface area contributed by atoms with Crippen molar-refractivity contribution >= 4 is 28.4 Å². The summed E-state index contributed by atoms with van der Waals surface area (Å²) in [6.07, 6.45) is 2.76. The fourth-order valence-electron chi connectivity index (χ4n) is 1.67. The van der Waals surface area contributed by atoms with Crippen LogP contribution in [0.25, 0.3) is 10.9 Å².